The Balaban J connectivity index is 3.99. The van der Waals surface area contributed by atoms with E-state index in [9.17, 15) is 29.4 Å². The van der Waals surface area contributed by atoms with E-state index < -0.39 is 23.9 Å². The van der Waals surface area contributed by atoms with Gasteiger partial charge in [-0.1, -0.05) is 111 Å². The average molecular weight is 690 g/mol. The van der Waals surface area contributed by atoms with Gasteiger partial charge in [0.25, 0.3) is 0 Å². The number of hydrogen-bond acceptors (Lipinski definition) is 8. The quantitative estimate of drug-likeness (QED) is 0.0461. The van der Waals surface area contributed by atoms with Crippen LogP contribution in [0.5, 0.6) is 0 Å². The molecule has 0 aliphatic carbocycles. The molecule has 0 heterocycles. The molecule has 46 heavy (non-hydrogen) atoms. The Morgan fingerprint density at radius 3 is 1.35 bits per heavy atom. The van der Waals surface area contributed by atoms with E-state index in [2.05, 4.69) is 43.3 Å². The molecule has 270 valence electrons. The highest BCUT2D eigenvalue weighted by Gasteiger charge is 2.23. The molecular weight excluding hydrogens is 623 g/mol. The molecule has 3 N–H and O–H groups in total. The SMILES string of the molecule is CN(C)CCCCCCCCCCCC(=O)CC(CSSCC(NC(=O)CCCCCCCCCCCN(C)C)C(=O)O)C(=O)O. The molecule has 0 spiro atoms. The molecule has 0 radical (unpaired) electrons. The lowest BCUT2D eigenvalue weighted by Crippen LogP contribution is -2.42. The molecule has 0 aliphatic heterocycles. The van der Waals surface area contributed by atoms with Gasteiger partial charge >= 0.3 is 11.9 Å². The lowest BCUT2D eigenvalue weighted by molar-refractivity contribution is -0.143. The molecule has 0 aromatic rings. The fourth-order valence-corrected chi connectivity index (χ4v) is 7.68. The smallest absolute Gasteiger partial charge is 0.327 e. The van der Waals surface area contributed by atoms with Gasteiger partial charge in [0.05, 0.1) is 5.92 Å². The van der Waals surface area contributed by atoms with E-state index in [0.29, 0.717) is 12.8 Å². The fraction of sp³-hybridized carbons (Fsp3) is 0.886. The Bertz CT molecular complexity index is 736. The predicted octanol–water partition coefficient (Wildman–Crippen LogP) is 7.52. The third-order valence-electron chi connectivity index (χ3n) is 8.11. The molecule has 11 heteroatoms. The van der Waals surface area contributed by atoms with E-state index in [0.717, 1.165) is 51.6 Å². The third kappa shape index (κ3) is 30.1. The number of Topliss-reactive ketones (excluding diaryl/α,β-unsaturated/α-hetero) is 1. The van der Waals surface area contributed by atoms with E-state index in [1.165, 1.54) is 98.6 Å². The first-order valence-corrected chi connectivity index (χ1v) is 20.3. The monoisotopic (exact) mass is 689 g/mol. The maximum Gasteiger partial charge on any atom is 0.327 e. The van der Waals surface area contributed by atoms with Gasteiger partial charge in [0, 0.05) is 30.8 Å². The zero-order chi connectivity index (χ0) is 34.4. The minimum absolute atomic E-state index is 0.00567. The molecule has 0 aliphatic rings. The number of carboxylic acid groups (broad SMARTS) is 2. The molecule has 0 saturated carbocycles. The lowest BCUT2D eigenvalue weighted by Gasteiger charge is -2.15. The minimum atomic E-state index is -1.10. The van der Waals surface area contributed by atoms with Crippen LogP contribution in [0.1, 0.15) is 135 Å². The second-order valence-corrected chi connectivity index (χ2v) is 15.8. The highest BCUT2D eigenvalue weighted by Crippen LogP contribution is 2.27. The van der Waals surface area contributed by atoms with Crippen LogP contribution in [0.4, 0.5) is 0 Å². The van der Waals surface area contributed by atoms with Crippen molar-refractivity contribution in [2.75, 3.05) is 52.8 Å². The number of rotatable bonds is 34. The van der Waals surface area contributed by atoms with Crippen molar-refractivity contribution >= 4 is 45.2 Å². The second-order valence-electron chi connectivity index (χ2n) is 13.3. The number of carbonyl (C=O) groups excluding carboxylic acids is 2. The fourth-order valence-electron chi connectivity index (χ4n) is 5.22. The zero-order valence-corrected chi connectivity index (χ0v) is 31.2. The number of aliphatic carboxylic acids is 2. The molecule has 2 atom stereocenters. The maximum absolute atomic E-state index is 12.4. The first-order valence-electron chi connectivity index (χ1n) is 17.8. The highest BCUT2D eigenvalue weighted by atomic mass is 33.1. The van der Waals surface area contributed by atoms with Crippen LogP contribution in [0, 0.1) is 5.92 Å². The van der Waals surface area contributed by atoms with Crippen LogP contribution >= 0.6 is 21.6 Å². The normalized spacial score (nSPS) is 12.8. The molecular formula is C35H67N3O6S2. The van der Waals surface area contributed by atoms with Gasteiger partial charge in [0.2, 0.25) is 5.91 Å². The van der Waals surface area contributed by atoms with Crippen LogP contribution < -0.4 is 5.32 Å². The maximum atomic E-state index is 12.4. The number of amides is 1. The van der Waals surface area contributed by atoms with E-state index in [1.807, 2.05) is 0 Å². The molecule has 0 rings (SSSR count). The van der Waals surface area contributed by atoms with E-state index in [1.54, 1.807) is 0 Å². The van der Waals surface area contributed by atoms with Gasteiger partial charge in [-0.05, 0) is 67.0 Å². The number of carboxylic acids is 2. The highest BCUT2D eigenvalue weighted by molar-refractivity contribution is 8.76. The largest absolute Gasteiger partial charge is 0.481 e. The summed E-state index contributed by atoms with van der Waals surface area (Å²) in [5, 5.41) is 21.7. The van der Waals surface area contributed by atoms with Crippen LogP contribution in [-0.4, -0.2) is 102 Å². The Morgan fingerprint density at radius 1 is 0.543 bits per heavy atom. The summed E-state index contributed by atoms with van der Waals surface area (Å²) in [7, 11) is 10.9. The third-order valence-corrected chi connectivity index (χ3v) is 10.6. The molecule has 0 saturated heterocycles. The molecule has 0 aromatic heterocycles. The van der Waals surface area contributed by atoms with Gasteiger partial charge in [-0.3, -0.25) is 14.4 Å². The van der Waals surface area contributed by atoms with E-state index in [4.69, 9.17) is 0 Å². The summed E-state index contributed by atoms with van der Waals surface area (Å²) in [5.74, 6) is -2.83. The van der Waals surface area contributed by atoms with Gasteiger partial charge in [-0.15, -0.1) is 0 Å². The first kappa shape index (κ1) is 44.7. The topological polar surface area (TPSA) is 127 Å². The van der Waals surface area contributed by atoms with Crippen molar-refractivity contribution in [3.8, 4) is 0 Å². The molecule has 0 aromatic carbocycles. The van der Waals surface area contributed by atoms with Gasteiger partial charge in [0.1, 0.15) is 11.8 Å². The zero-order valence-electron chi connectivity index (χ0n) is 29.6. The second kappa shape index (κ2) is 31.0. The van der Waals surface area contributed by atoms with Crippen molar-refractivity contribution in [3.05, 3.63) is 0 Å². The summed E-state index contributed by atoms with van der Waals surface area (Å²) in [6.45, 7) is 2.30. The number of nitrogens with zero attached hydrogens (tertiary/aromatic N) is 2. The molecule has 0 bridgehead atoms. The van der Waals surface area contributed by atoms with Crippen LogP contribution in [0.25, 0.3) is 0 Å². The molecule has 0 fully saturated rings. The lowest BCUT2D eigenvalue weighted by atomic mass is 10.00. The number of nitrogens with one attached hydrogen (secondary N) is 1. The average Bonchev–Trinajstić information content (AvgIpc) is 2.98. The van der Waals surface area contributed by atoms with Gasteiger partial charge in [-0.25, -0.2) is 4.79 Å². The summed E-state index contributed by atoms with van der Waals surface area (Å²) in [5.41, 5.74) is 0. The van der Waals surface area contributed by atoms with Crippen molar-refractivity contribution in [3.63, 3.8) is 0 Å². The summed E-state index contributed by atoms with van der Waals surface area (Å²) in [4.78, 5) is 52.5. The Morgan fingerprint density at radius 2 is 0.935 bits per heavy atom. The van der Waals surface area contributed by atoms with E-state index in [-0.39, 0.29) is 29.6 Å². The first-order chi connectivity index (χ1) is 22.0. The van der Waals surface area contributed by atoms with Crippen molar-refractivity contribution in [2.24, 2.45) is 5.92 Å². The van der Waals surface area contributed by atoms with E-state index >= 15 is 0 Å². The standard InChI is InChI=1S/C35H67N3O6S2/c1-37(2)25-21-17-13-9-5-7-11-15-19-23-31(39)27-30(34(41)42)28-45-46-29-32(35(43)44)36-33(40)24-20-16-12-8-6-10-14-18-22-26-38(3)4/h30,32H,5-29H2,1-4H3,(H,36,40)(H,41,42)(H,43,44). The molecule has 2 unspecified atom stereocenters. The molecule has 9 nitrogen and oxygen atoms in total. The van der Waals surface area contributed by atoms with Gasteiger partial charge < -0.3 is 25.3 Å². The Labute approximate surface area is 288 Å². The van der Waals surface area contributed by atoms with Crippen LogP contribution in [0.3, 0.4) is 0 Å². The number of ketones is 1. The summed E-state index contributed by atoms with van der Waals surface area (Å²) in [6.07, 6.45) is 21.4. The summed E-state index contributed by atoms with van der Waals surface area (Å²) in [6, 6.07) is -1.02. The van der Waals surface area contributed by atoms with Crippen LogP contribution in [0.2, 0.25) is 0 Å². The van der Waals surface area contributed by atoms with Gasteiger partial charge in [-0.2, -0.15) is 0 Å². The van der Waals surface area contributed by atoms with Crippen LogP contribution in [-0.2, 0) is 19.2 Å². The van der Waals surface area contributed by atoms with Crippen molar-refractivity contribution in [2.45, 2.75) is 141 Å². The van der Waals surface area contributed by atoms with Crippen LogP contribution in [0.15, 0.2) is 0 Å². The summed E-state index contributed by atoms with van der Waals surface area (Å²) < 4.78 is 0. The van der Waals surface area contributed by atoms with Crippen molar-refractivity contribution < 1.29 is 29.4 Å². The Kier molecular flexibility index (Phi) is 30.1. The number of unbranched alkanes of at least 4 members (excludes halogenated alkanes) is 16. The molecule has 1 amide bonds. The van der Waals surface area contributed by atoms with Crippen molar-refractivity contribution in [1.29, 1.82) is 0 Å². The Hall–Kier alpha value is -1.30. The number of carbonyl (C=O) groups is 4. The van der Waals surface area contributed by atoms with Gasteiger partial charge in [0.15, 0.2) is 0 Å². The minimum Gasteiger partial charge on any atom is -0.481 e. The summed E-state index contributed by atoms with van der Waals surface area (Å²) >= 11 is 0. The number of hydrogen-bond donors (Lipinski definition) is 3. The predicted molar refractivity (Wildman–Crippen MR) is 195 cm³/mol. The van der Waals surface area contributed by atoms with Crippen molar-refractivity contribution in [1.82, 2.24) is 15.1 Å².